The molecule has 1 aliphatic rings. The van der Waals surface area contributed by atoms with Gasteiger partial charge in [0, 0.05) is 32.1 Å². The Labute approximate surface area is 211 Å². The third-order valence-corrected chi connectivity index (χ3v) is 6.66. The molecule has 6 nitrogen and oxygen atoms in total. The molecule has 0 bridgehead atoms. The maximum Gasteiger partial charge on any atom is 0.417 e. The molecule has 11 heteroatoms. The van der Waals surface area contributed by atoms with Gasteiger partial charge in [-0.05, 0) is 55.9 Å². The number of halogens is 5. The van der Waals surface area contributed by atoms with Crippen LogP contribution in [0.1, 0.15) is 41.6 Å². The minimum Gasteiger partial charge on any atom is -0.362 e. The van der Waals surface area contributed by atoms with E-state index >= 15 is 0 Å². The highest BCUT2D eigenvalue weighted by Crippen LogP contribution is 2.35. The first kappa shape index (κ1) is 25.9. The first-order chi connectivity index (χ1) is 17.0. The van der Waals surface area contributed by atoms with Crippen LogP contribution in [0.15, 0.2) is 36.4 Å². The van der Waals surface area contributed by atoms with Crippen LogP contribution in [0, 0.1) is 11.7 Å². The number of aromatic nitrogens is 2. The fourth-order valence-corrected chi connectivity index (χ4v) is 4.65. The molecule has 0 saturated heterocycles. The fraction of sp³-hybridized carbons (Fsp3) is 0.400. The number of rotatable bonds is 6. The number of anilines is 2. The number of nitrogens with one attached hydrogen (secondary N) is 2. The topological polar surface area (TPSA) is 70.2 Å². The fourth-order valence-electron chi connectivity index (χ4n) is 4.49. The van der Waals surface area contributed by atoms with Gasteiger partial charge in [-0.2, -0.15) is 18.2 Å². The second kappa shape index (κ2) is 10.5. The minimum atomic E-state index is -4.88. The van der Waals surface area contributed by atoms with E-state index < -0.39 is 34.1 Å². The van der Waals surface area contributed by atoms with Crippen LogP contribution in [0.5, 0.6) is 0 Å². The predicted molar refractivity (Wildman–Crippen MR) is 132 cm³/mol. The molecular formula is C25H26ClF4N5O. The smallest absolute Gasteiger partial charge is 0.362 e. The Morgan fingerprint density at radius 3 is 2.44 bits per heavy atom. The Bertz CT molecular complexity index is 1260. The lowest BCUT2D eigenvalue weighted by Gasteiger charge is -2.29. The highest BCUT2D eigenvalue weighted by molar-refractivity contribution is 6.31. The molecule has 1 amide bonds. The van der Waals surface area contributed by atoms with Crippen LogP contribution in [0.25, 0.3) is 10.9 Å². The van der Waals surface area contributed by atoms with Crippen molar-refractivity contribution in [3.63, 3.8) is 0 Å². The van der Waals surface area contributed by atoms with Crippen molar-refractivity contribution >= 4 is 40.2 Å². The van der Waals surface area contributed by atoms with E-state index in [4.69, 9.17) is 11.6 Å². The summed E-state index contributed by atoms with van der Waals surface area (Å²) in [5, 5.41) is 6.28. The molecule has 0 spiro atoms. The molecule has 4 rings (SSSR count). The van der Waals surface area contributed by atoms with Gasteiger partial charge in [-0.25, -0.2) is 9.37 Å². The summed E-state index contributed by atoms with van der Waals surface area (Å²) in [5.74, 6) is -1.09. The largest absolute Gasteiger partial charge is 0.417 e. The molecule has 1 heterocycles. The standard InChI is InChI=1S/C25H26ClF4N5O/c1-35(2)22-16-5-3-4-6-19(16)33-24(34-22)32-15-9-7-14(8-10-15)13-31-23(36)20-17(25(28,29)30)11-12-18(26)21(20)27/h3-6,11-12,14-15H,7-10,13H2,1-2H3,(H,31,36)(H,32,33,34). The third kappa shape index (κ3) is 5.64. The van der Waals surface area contributed by atoms with E-state index in [0.717, 1.165) is 48.5 Å². The first-order valence-electron chi connectivity index (χ1n) is 11.6. The van der Waals surface area contributed by atoms with Crippen molar-refractivity contribution in [2.75, 3.05) is 30.9 Å². The van der Waals surface area contributed by atoms with Crippen LogP contribution < -0.4 is 15.5 Å². The number of carbonyl (C=O) groups excluding carboxylic acids is 1. The second-order valence-corrected chi connectivity index (χ2v) is 9.54. The van der Waals surface area contributed by atoms with Gasteiger partial charge in [0.05, 0.1) is 21.7 Å². The lowest BCUT2D eigenvalue weighted by atomic mass is 9.86. The van der Waals surface area contributed by atoms with E-state index in [-0.39, 0.29) is 18.5 Å². The lowest BCUT2D eigenvalue weighted by molar-refractivity contribution is -0.138. The highest BCUT2D eigenvalue weighted by Gasteiger charge is 2.37. The number of para-hydroxylation sites is 1. The summed E-state index contributed by atoms with van der Waals surface area (Å²) in [6.45, 7) is 0.145. The molecule has 2 aromatic carbocycles. The van der Waals surface area contributed by atoms with Crippen LogP contribution in [0.4, 0.5) is 29.3 Å². The Morgan fingerprint density at radius 1 is 1.08 bits per heavy atom. The molecule has 0 aliphatic heterocycles. The molecule has 36 heavy (non-hydrogen) atoms. The van der Waals surface area contributed by atoms with Crippen LogP contribution >= 0.6 is 11.6 Å². The van der Waals surface area contributed by atoms with Gasteiger partial charge in [-0.1, -0.05) is 23.7 Å². The van der Waals surface area contributed by atoms with Gasteiger partial charge in [0.2, 0.25) is 5.95 Å². The van der Waals surface area contributed by atoms with Crippen molar-refractivity contribution in [2.24, 2.45) is 5.92 Å². The molecule has 0 atom stereocenters. The van der Waals surface area contributed by atoms with E-state index in [1.165, 1.54) is 0 Å². The van der Waals surface area contributed by atoms with Crippen molar-refractivity contribution in [3.05, 3.63) is 58.4 Å². The summed E-state index contributed by atoms with van der Waals surface area (Å²) in [5.41, 5.74) is -1.58. The van der Waals surface area contributed by atoms with E-state index in [9.17, 15) is 22.4 Å². The van der Waals surface area contributed by atoms with Gasteiger partial charge in [-0.3, -0.25) is 4.79 Å². The van der Waals surface area contributed by atoms with Crippen LogP contribution in [0.2, 0.25) is 5.02 Å². The number of hydrogen-bond acceptors (Lipinski definition) is 5. The molecule has 192 valence electrons. The van der Waals surface area contributed by atoms with Crippen molar-refractivity contribution in [1.29, 1.82) is 0 Å². The Balaban J connectivity index is 1.36. The normalized spacial score (nSPS) is 18.2. The molecule has 3 aromatic rings. The van der Waals surface area contributed by atoms with Crippen molar-refractivity contribution < 1.29 is 22.4 Å². The van der Waals surface area contributed by atoms with E-state index in [2.05, 4.69) is 20.6 Å². The molecule has 1 saturated carbocycles. The Morgan fingerprint density at radius 2 is 1.78 bits per heavy atom. The summed E-state index contributed by atoms with van der Waals surface area (Å²) >= 11 is 5.63. The van der Waals surface area contributed by atoms with Gasteiger partial charge in [-0.15, -0.1) is 0 Å². The summed E-state index contributed by atoms with van der Waals surface area (Å²) in [6.07, 6.45) is -1.87. The number of hydrogen-bond donors (Lipinski definition) is 2. The van der Waals surface area contributed by atoms with Gasteiger partial charge in [0.25, 0.3) is 5.91 Å². The molecule has 0 radical (unpaired) electrons. The minimum absolute atomic E-state index is 0.0541. The summed E-state index contributed by atoms with van der Waals surface area (Å²) in [7, 11) is 3.84. The van der Waals surface area contributed by atoms with Crippen molar-refractivity contribution in [2.45, 2.75) is 37.9 Å². The SMILES string of the molecule is CN(C)c1nc(NC2CCC(CNC(=O)c3c(C(F)(F)F)ccc(Cl)c3F)CC2)nc2ccccc12. The predicted octanol–water partition coefficient (Wildman–Crippen LogP) is 5.91. The quantitative estimate of drug-likeness (QED) is 0.393. The lowest BCUT2D eigenvalue weighted by Crippen LogP contribution is -2.35. The van der Waals surface area contributed by atoms with E-state index in [1.54, 1.807) is 0 Å². The molecule has 1 aromatic heterocycles. The maximum absolute atomic E-state index is 14.3. The van der Waals surface area contributed by atoms with Gasteiger partial charge in [0.1, 0.15) is 5.82 Å². The Kier molecular flexibility index (Phi) is 7.54. The monoisotopic (exact) mass is 523 g/mol. The zero-order valence-corrected chi connectivity index (χ0v) is 20.5. The number of benzene rings is 2. The number of nitrogens with zero attached hydrogens (tertiary/aromatic N) is 3. The van der Waals surface area contributed by atoms with Crippen molar-refractivity contribution in [1.82, 2.24) is 15.3 Å². The zero-order valence-electron chi connectivity index (χ0n) is 19.8. The second-order valence-electron chi connectivity index (χ2n) is 9.14. The maximum atomic E-state index is 14.3. The van der Waals surface area contributed by atoms with E-state index in [1.807, 2.05) is 43.3 Å². The average molecular weight is 524 g/mol. The third-order valence-electron chi connectivity index (χ3n) is 6.37. The van der Waals surface area contributed by atoms with Crippen LogP contribution in [-0.2, 0) is 6.18 Å². The van der Waals surface area contributed by atoms with Gasteiger partial charge >= 0.3 is 6.18 Å². The number of amides is 1. The molecule has 0 unspecified atom stereocenters. The highest BCUT2D eigenvalue weighted by atomic mass is 35.5. The number of carbonyl (C=O) groups is 1. The molecule has 2 N–H and O–H groups in total. The molecule has 1 aliphatic carbocycles. The van der Waals surface area contributed by atoms with Gasteiger partial charge < -0.3 is 15.5 Å². The summed E-state index contributed by atoms with van der Waals surface area (Å²) in [4.78, 5) is 23.7. The van der Waals surface area contributed by atoms with Gasteiger partial charge in [0.15, 0.2) is 5.82 Å². The molecular weight excluding hydrogens is 498 g/mol. The first-order valence-corrected chi connectivity index (χ1v) is 12.0. The summed E-state index contributed by atoms with van der Waals surface area (Å²) < 4.78 is 54.2. The summed E-state index contributed by atoms with van der Waals surface area (Å²) in [6, 6.07) is 9.30. The number of fused-ring (bicyclic) bond motifs is 1. The average Bonchev–Trinajstić information content (AvgIpc) is 2.83. The molecule has 1 fully saturated rings. The van der Waals surface area contributed by atoms with Crippen molar-refractivity contribution in [3.8, 4) is 0 Å². The van der Waals surface area contributed by atoms with Crippen LogP contribution in [-0.4, -0.2) is 42.6 Å². The van der Waals surface area contributed by atoms with Crippen LogP contribution in [0.3, 0.4) is 0 Å². The number of alkyl halides is 3. The zero-order chi connectivity index (χ0) is 26.0. The van der Waals surface area contributed by atoms with E-state index in [0.29, 0.717) is 12.0 Å². The Hall–Kier alpha value is -3.14.